The molecule has 96 valence electrons. The van der Waals surface area contributed by atoms with Crippen molar-refractivity contribution in [2.24, 2.45) is 0 Å². The topological polar surface area (TPSA) is 12.5 Å². The molecule has 0 aliphatic rings. The lowest BCUT2D eigenvalue weighted by molar-refractivity contribution is 0.00159. The van der Waals surface area contributed by atoms with E-state index in [9.17, 15) is 0 Å². The highest BCUT2D eigenvalue weighted by molar-refractivity contribution is 5.62. The summed E-state index contributed by atoms with van der Waals surface area (Å²) >= 11 is 0. The van der Waals surface area contributed by atoms with Crippen molar-refractivity contribution in [3.05, 3.63) is 84.9 Å². The molecule has 0 saturated heterocycles. The second kappa shape index (κ2) is 5.91. The zero-order valence-corrected chi connectivity index (χ0v) is 11.0. The second-order valence-corrected chi connectivity index (χ2v) is 4.19. The van der Waals surface area contributed by atoms with Crippen LogP contribution >= 0.6 is 0 Å². The van der Waals surface area contributed by atoms with Crippen LogP contribution in [-0.2, 0) is 4.84 Å². The van der Waals surface area contributed by atoms with Crippen LogP contribution in [0.25, 0.3) is 11.5 Å². The summed E-state index contributed by atoms with van der Waals surface area (Å²) < 4.78 is 0. The SMILES string of the molecule is C=C(ON(C)C(=C)c1ccccc1)c1ccccc1. The fraction of sp³-hybridized carbons (Fsp3) is 0.0588. The van der Waals surface area contributed by atoms with Crippen molar-refractivity contribution >= 4 is 11.5 Å². The van der Waals surface area contributed by atoms with Crippen LogP contribution in [0.3, 0.4) is 0 Å². The van der Waals surface area contributed by atoms with Crippen molar-refractivity contribution in [1.29, 1.82) is 0 Å². The number of hydroxylamine groups is 2. The maximum atomic E-state index is 5.69. The Labute approximate surface area is 114 Å². The zero-order valence-electron chi connectivity index (χ0n) is 11.0. The van der Waals surface area contributed by atoms with Crippen molar-refractivity contribution in [3.63, 3.8) is 0 Å². The molecule has 0 spiro atoms. The van der Waals surface area contributed by atoms with Crippen LogP contribution in [0.15, 0.2) is 73.8 Å². The van der Waals surface area contributed by atoms with Crippen molar-refractivity contribution in [2.45, 2.75) is 0 Å². The van der Waals surface area contributed by atoms with Gasteiger partial charge < -0.3 is 4.84 Å². The number of hydrogen-bond acceptors (Lipinski definition) is 2. The van der Waals surface area contributed by atoms with Crippen molar-refractivity contribution in [2.75, 3.05) is 7.05 Å². The Hall–Kier alpha value is -2.48. The molecule has 2 heteroatoms. The van der Waals surface area contributed by atoms with E-state index in [2.05, 4.69) is 13.2 Å². The summed E-state index contributed by atoms with van der Waals surface area (Å²) in [5.41, 5.74) is 2.76. The van der Waals surface area contributed by atoms with Crippen LogP contribution in [0.4, 0.5) is 0 Å². The van der Waals surface area contributed by atoms with Crippen molar-refractivity contribution < 1.29 is 4.84 Å². The van der Waals surface area contributed by atoms with Crippen LogP contribution in [0.2, 0.25) is 0 Å². The molecule has 2 nitrogen and oxygen atoms in total. The highest BCUT2D eigenvalue weighted by Crippen LogP contribution is 2.21. The van der Waals surface area contributed by atoms with E-state index in [-0.39, 0.29) is 0 Å². The summed E-state index contributed by atoms with van der Waals surface area (Å²) in [6.45, 7) is 7.97. The molecule has 2 aromatic rings. The third kappa shape index (κ3) is 3.26. The van der Waals surface area contributed by atoms with Crippen LogP contribution in [0.5, 0.6) is 0 Å². The molecule has 0 amide bonds. The van der Waals surface area contributed by atoms with Gasteiger partial charge in [0.05, 0.1) is 5.70 Å². The van der Waals surface area contributed by atoms with Crippen molar-refractivity contribution in [1.82, 2.24) is 5.06 Å². The summed E-state index contributed by atoms with van der Waals surface area (Å²) in [5, 5.41) is 1.63. The average Bonchev–Trinajstić information content (AvgIpc) is 2.48. The number of rotatable bonds is 5. The molecule has 0 fully saturated rings. The number of nitrogens with zero attached hydrogens (tertiary/aromatic N) is 1. The first-order chi connectivity index (χ1) is 9.18. The molecule has 0 N–H and O–H groups in total. The molecular formula is C17H17NO. The van der Waals surface area contributed by atoms with Gasteiger partial charge in [0.25, 0.3) is 0 Å². The Morgan fingerprint density at radius 2 is 1.32 bits per heavy atom. The van der Waals surface area contributed by atoms with E-state index in [0.717, 1.165) is 16.8 Å². The largest absolute Gasteiger partial charge is 0.380 e. The second-order valence-electron chi connectivity index (χ2n) is 4.19. The minimum Gasteiger partial charge on any atom is -0.380 e. The summed E-state index contributed by atoms with van der Waals surface area (Å²) in [5.74, 6) is 0.597. The van der Waals surface area contributed by atoms with E-state index in [1.54, 1.807) is 5.06 Å². The Kier molecular flexibility index (Phi) is 4.04. The molecule has 0 bridgehead atoms. The molecule has 0 atom stereocenters. The standard InChI is InChI=1S/C17H17NO/c1-14(16-10-6-4-7-11-16)18(3)19-15(2)17-12-8-5-9-13-17/h4-13H,1-2H2,3H3. The van der Waals surface area contributed by atoms with Gasteiger partial charge in [0.2, 0.25) is 0 Å². The molecule has 0 unspecified atom stereocenters. The van der Waals surface area contributed by atoms with E-state index >= 15 is 0 Å². The van der Waals surface area contributed by atoms with Gasteiger partial charge in [-0.05, 0) is 0 Å². The number of benzene rings is 2. The Morgan fingerprint density at radius 1 is 0.842 bits per heavy atom. The van der Waals surface area contributed by atoms with Gasteiger partial charge >= 0.3 is 0 Å². The monoisotopic (exact) mass is 251 g/mol. The molecule has 0 saturated carbocycles. The van der Waals surface area contributed by atoms with E-state index in [4.69, 9.17) is 4.84 Å². The van der Waals surface area contributed by atoms with Crippen LogP contribution in [-0.4, -0.2) is 12.1 Å². The van der Waals surface area contributed by atoms with E-state index in [0.29, 0.717) is 5.76 Å². The zero-order chi connectivity index (χ0) is 13.7. The molecule has 0 aliphatic heterocycles. The molecule has 0 aliphatic carbocycles. The molecular weight excluding hydrogens is 234 g/mol. The van der Waals surface area contributed by atoms with Crippen molar-refractivity contribution in [3.8, 4) is 0 Å². The first-order valence-corrected chi connectivity index (χ1v) is 6.09. The summed E-state index contributed by atoms with van der Waals surface area (Å²) in [4.78, 5) is 5.69. The van der Waals surface area contributed by atoms with Crippen LogP contribution in [0, 0.1) is 0 Å². The van der Waals surface area contributed by atoms with Crippen LogP contribution in [0.1, 0.15) is 11.1 Å². The molecule has 2 aromatic carbocycles. The highest BCUT2D eigenvalue weighted by Gasteiger charge is 2.08. The van der Waals surface area contributed by atoms with Gasteiger partial charge in [-0.1, -0.05) is 73.8 Å². The smallest absolute Gasteiger partial charge is 0.155 e. The maximum Gasteiger partial charge on any atom is 0.155 e. The van der Waals surface area contributed by atoms with Gasteiger partial charge in [-0.2, -0.15) is 0 Å². The predicted octanol–water partition coefficient (Wildman–Crippen LogP) is 4.19. The minimum absolute atomic E-state index is 0.597. The van der Waals surface area contributed by atoms with Crippen LogP contribution < -0.4 is 0 Å². The highest BCUT2D eigenvalue weighted by atomic mass is 16.7. The van der Waals surface area contributed by atoms with Gasteiger partial charge in [-0.3, -0.25) is 0 Å². The first-order valence-electron chi connectivity index (χ1n) is 6.09. The average molecular weight is 251 g/mol. The number of hydrogen-bond donors (Lipinski definition) is 0. The normalized spacial score (nSPS) is 9.74. The molecule has 0 radical (unpaired) electrons. The molecule has 2 rings (SSSR count). The quantitative estimate of drug-likeness (QED) is 0.583. The summed E-state index contributed by atoms with van der Waals surface area (Å²) in [6.07, 6.45) is 0. The van der Waals surface area contributed by atoms with E-state index in [1.165, 1.54) is 0 Å². The molecule has 0 heterocycles. The lowest BCUT2D eigenvalue weighted by Crippen LogP contribution is -2.15. The van der Waals surface area contributed by atoms with Gasteiger partial charge in [0.1, 0.15) is 0 Å². The first kappa shape index (κ1) is 13.0. The summed E-state index contributed by atoms with van der Waals surface area (Å²) in [7, 11) is 1.82. The summed E-state index contributed by atoms with van der Waals surface area (Å²) in [6, 6.07) is 19.7. The Morgan fingerprint density at radius 3 is 1.84 bits per heavy atom. The van der Waals surface area contributed by atoms with Gasteiger partial charge in [0.15, 0.2) is 5.76 Å². The van der Waals surface area contributed by atoms with E-state index in [1.807, 2.05) is 67.7 Å². The Balaban J connectivity index is 2.04. The fourth-order valence-electron chi connectivity index (χ4n) is 1.71. The molecule has 0 aromatic heterocycles. The van der Waals surface area contributed by atoms with Gasteiger partial charge in [0, 0.05) is 18.2 Å². The predicted molar refractivity (Wildman–Crippen MR) is 79.8 cm³/mol. The molecule has 19 heavy (non-hydrogen) atoms. The van der Waals surface area contributed by atoms with Gasteiger partial charge in [-0.25, -0.2) is 5.06 Å². The van der Waals surface area contributed by atoms with E-state index < -0.39 is 0 Å². The third-order valence-electron chi connectivity index (χ3n) is 2.83. The minimum atomic E-state index is 0.597. The van der Waals surface area contributed by atoms with Gasteiger partial charge in [-0.15, -0.1) is 0 Å². The fourth-order valence-corrected chi connectivity index (χ4v) is 1.71. The lowest BCUT2D eigenvalue weighted by atomic mass is 10.2. The Bertz CT molecular complexity index is 560. The third-order valence-corrected chi connectivity index (χ3v) is 2.83. The lowest BCUT2D eigenvalue weighted by Gasteiger charge is -2.23. The maximum absolute atomic E-state index is 5.69.